The van der Waals surface area contributed by atoms with Crippen LogP contribution in [0.5, 0.6) is 0 Å². The molecule has 0 spiro atoms. The van der Waals surface area contributed by atoms with Crippen LogP contribution >= 0.6 is 0 Å². The number of hydrogen-bond donors (Lipinski definition) is 2. The highest BCUT2D eigenvalue weighted by Gasteiger charge is 2.11. The molecule has 124 valence electrons. The molecule has 0 aliphatic heterocycles. The smallest absolute Gasteiger partial charge is 0.131 e. The zero-order valence-corrected chi connectivity index (χ0v) is 13.8. The van der Waals surface area contributed by atoms with Gasteiger partial charge in [-0.2, -0.15) is 0 Å². The lowest BCUT2D eigenvalue weighted by atomic mass is 9.91. The second kappa shape index (κ2) is 7.43. The van der Waals surface area contributed by atoms with Crippen molar-refractivity contribution in [3.63, 3.8) is 0 Å². The molecule has 0 saturated heterocycles. The first-order valence-corrected chi connectivity index (χ1v) is 8.12. The number of aromatic nitrogens is 1. The van der Waals surface area contributed by atoms with Crippen molar-refractivity contribution in [2.45, 2.75) is 13.3 Å². The van der Waals surface area contributed by atoms with E-state index in [2.05, 4.69) is 54.5 Å². The molecule has 1 aromatic heterocycles. The molecule has 4 nitrogen and oxygen atoms in total. The lowest BCUT2D eigenvalue weighted by Crippen LogP contribution is -2.20. The Morgan fingerprint density at radius 3 is 2.46 bits per heavy atom. The van der Waals surface area contributed by atoms with Gasteiger partial charge in [-0.05, 0) is 53.6 Å². The predicted octanol–water partition coefficient (Wildman–Crippen LogP) is 3.43. The van der Waals surface area contributed by atoms with E-state index in [0.717, 1.165) is 17.5 Å². The van der Waals surface area contributed by atoms with E-state index in [0.29, 0.717) is 6.54 Å². The lowest BCUT2D eigenvalue weighted by Gasteiger charge is -2.16. The molecule has 24 heavy (non-hydrogen) atoms. The summed E-state index contributed by atoms with van der Waals surface area (Å²) >= 11 is 0. The van der Waals surface area contributed by atoms with Crippen LogP contribution in [0, 0.1) is 12.8 Å². The van der Waals surface area contributed by atoms with E-state index in [1.165, 1.54) is 22.3 Å². The van der Waals surface area contributed by atoms with Crippen LogP contribution in [0.15, 0.2) is 59.4 Å². The Hall–Kier alpha value is -2.43. The third-order valence-electron chi connectivity index (χ3n) is 4.51. The van der Waals surface area contributed by atoms with Crippen LogP contribution in [-0.2, 0) is 6.42 Å². The van der Waals surface area contributed by atoms with Crippen LogP contribution in [0.3, 0.4) is 0 Å². The van der Waals surface area contributed by atoms with Gasteiger partial charge < -0.3 is 15.4 Å². The molecule has 4 heteroatoms. The highest BCUT2D eigenvalue weighted by atomic mass is 16.5. The largest absolute Gasteiger partial charge is 0.396 e. The fourth-order valence-corrected chi connectivity index (χ4v) is 2.94. The minimum Gasteiger partial charge on any atom is -0.396 e. The molecule has 0 bridgehead atoms. The summed E-state index contributed by atoms with van der Waals surface area (Å²) in [5, 5.41) is 13.1. The molecule has 0 fully saturated rings. The summed E-state index contributed by atoms with van der Waals surface area (Å²) in [5.74, 6) is 0.106. The minimum absolute atomic E-state index is 0.106. The number of aliphatic hydroxyl groups is 1. The maximum Gasteiger partial charge on any atom is 0.131 e. The Morgan fingerprint density at radius 2 is 1.83 bits per heavy atom. The molecule has 3 rings (SSSR count). The highest BCUT2D eigenvalue weighted by Crippen LogP contribution is 2.29. The molecule has 3 N–H and O–H groups in total. The van der Waals surface area contributed by atoms with Gasteiger partial charge in [0.1, 0.15) is 6.26 Å². The van der Waals surface area contributed by atoms with Crippen LogP contribution < -0.4 is 5.73 Å². The van der Waals surface area contributed by atoms with Crippen LogP contribution in [0.25, 0.3) is 22.3 Å². The molecular weight excluding hydrogens is 300 g/mol. The average molecular weight is 322 g/mol. The Labute approximate surface area is 141 Å². The standard InChI is InChI=1S/C20H22N2O2/c1-14-18(9-15(10-21)12-23)3-2-4-20(14)17-7-5-16(6-8-17)19-11-22-24-13-19/h2-8,11,13,15,23H,9-10,12,21H2,1H3. The van der Waals surface area contributed by atoms with Crippen LogP contribution in [0.1, 0.15) is 11.1 Å². The zero-order valence-electron chi connectivity index (χ0n) is 13.8. The molecule has 1 atom stereocenters. The van der Waals surface area contributed by atoms with Crippen molar-refractivity contribution in [3.05, 3.63) is 66.1 Å². The highest BCUT2D eigenvalue weighted by molar-refractivity contribution is 5.72. The summed E-state index contributed by atoms with van der Waals surface area (Å²) in [6.45, 7) is 2.74. The Balaban J connectivity index is 1.89. The van der Waals surface area contributed by atoms with Crippen LogP contribution in [0.2, 0.25) is 0 Å². The van der Waals surface area contributed by atoms with Crippen molar-refractivity contribution in [1.29, 1.82) is 0 Å². The third kappa shape index (κ3) is 3.40. The fourth-order valence-electron chi connectivity index (χ4n) is 2.94. The van der Waals surface area contributed by atoms with Gasteiger partial charge in [0, 0.05) is 12.2 Å². The number of hydrogen-bond acceptors (Lipinski definition) is 4. The normalized spacial score (nSPS) is 12.3. The number of benzene rings is 2. The van der Waals surface area contributed by atoms with Crippen molar-refractivity contribution < 1.29 is 9.63 Å². The molecular formula is C20H22N2O2. The maximum atomic E-state index is 9.39. The van der Waals surface area contributed by atoms with Crippen LogP contribution in [0.4, 0.5) is 0 Å². The van der Waals surface area contributed by atoms with E-state index >= 15 is 0 Å². The van der Waals surface area contributed by atoms with Crippen LogP contribution in [-0.4, -0.2) is 23.4 Å². The van der Waals surface area contributed by atoms with E-state index < -0.39 is 0 Å². The van der Waals surface area contributed by atoms with E-state index in [4.69, 9.17) is 10.3 Å². The summed E-state index contributed by atoms with van der Waals surface area (Å²) < 4.78 is 4.90. The summed E-state index contributed by atoms with van der Waals surface area (Å²) in [7, 11) is 0. The minimum atomic E-state index is 0.106. The Morgan fingerprint density at radius 1 is 1.08 bits per heavy atom. The summed E-state index contributed by atoms with van der Waals surface area (Å²) in [6, 6.07) is 14.7. The van der Waals surface area contributed by atoms with Crippen molar-refractivity contribution >= 4 is 0 Å². The average Bonchev–Trinajstić information content (AvgIpc) is 3.16. The summed E-state index contributed by atoms with van der Waals surface area (Å²) in [5.41, 5.74) is 12.6. The van der Waals surface area contributed by atoms with Crippen molar-refractivity contribution in [1.82, 2.24) is 5.16 Å². The predicted molar refractivity (Wildman–Crippen MR) is 95.4 cm³/mol. The first kappa shape index (κ1) is 16.4. The Bertz CT molecular complexity index is 776. The number of nitrogens with two attached hydrogens (primary N) is 1. The molecule has 0 aliphatic carbocycles. The third-order valence-corrected chi connectivity index (χ3v) is 4.51. The summed E-state index contributed by atoms with van der Waals surface area (Å²) in [4.78, 5) is 0. The molecule has 3 aromatic rings. The van der Waals surface area contributed by atoms with Gasteiger partial charge in [0.05, 0.1) is 6.20 Å². The van der Waals surface area contributed by atoms with Gasteiger partial charge in [0.25, 0.3) is 0 Å². The van der Waals surface area contributed by atoms with E-state index in [9.17, 15) is 5.11 Å². The Kier molecular flexibility index (Phi) is 5.08. The quantitative estimate of drug-likeness (QED) is 0.729. The van der Waals surface area contributed by atoms with Gasteiger partial charge in [-0.25, -0.2) is 0 Å². The molecule has 2 aromatic carbocycles. The lowest BCUT2D eigenvalue weighted by molar-refractivity contribution is 0.229. The molecule has 0 aliphatic rings. The van der Waals surface area contributed by atoms with E-state index in [1.807, 2.05) is 0 Å². The monoisotopic (exact) mass is 322 g/mol. The topological polar surface area (TPSA) is 72.3 Å². The van der Waals surface area contributed by atoms with Crippen molar-refractivity contribution in [2.24, 2.45) is 11.7 Å². The van der Waals surface area contributed by atoms with Gasteiger partial charge in [-0.3, -0.25) is 0 Å². The number of rotatable bonds is 6. The van der Waals surface area contributed by atoms with Gasteiger partial charge in [0.15, 0.2) is 0 Å². The first-order valence-electron chi connectivity index (χ1n) is 8.12. The van der Waals surface area contributed by atoms with Crippen molar-refractivity contribution in [2.75, 3.05) is 13.2 Å². The number of aliphatic hydroxyl groups excluding tert-OH is 1. The van der Waals surface area contributed by atoms with E-state index in [1.54, 1.807) is 12.5 Å². The second-order valence-corrected chi connectivity index (χ2v) is 6.07. The van der Waals surface area contributed by atoms with E-state index in [-0.39, 0.29) is 12.5 Å². The zero-order chi connectivity index (χ0) is 16.9. The van der Waals surface area contributed by atoms with Gasteiger partial charge in [0.2, 0.25) is 0 Å². The number of nitrogens with zero attached hydrogens (tertiary/aromatic N) is 1. The van der Waals surface area contributed by atoms with Gasteiger partial charge >= 0.3 is 0 Å². The molecule has 1 heterocycles. The first-order chi connectivity index (χ1) is 11.7. The van der Waals surface area contributed by atoms with Gasteiger partial charge in [-0.15, -0.1) is 0 Å². The van der Waals surface area contributed by atoms with Gasteiger partial charge in [-0.1, -0.05) is 47.6 Å². The van der Waals surface area contributed by atoms with Crippen molar-refractivity contribution in [3.8, 4) is 22.3 Å². The molecule has 1 unspecified atom stereocenters. The fraction of sp³-hybridized carbons (Fsp3) is 0.250. The maximum absolute atomic E-state index is 9.39. The summed E-state index contributed by atoms with van der Waals surface area (Å²) in [6.07, 6.45) is 4.15. The second-order valence-electron chi connectivity index (χ2n) is 6.07. The molecule has 0 radical (unpaired) electrons. The SMILES string of the molecule is Cc1c(CC(CN)CO)cccc1-c1ccc(-c2cnoc2)cc1. The molecule has 0 saturated carbocycles. The molecule has 0 amide bonds.